The molecule has 3 heteroatoms. The number of nitrogens with zero attached hydrogens (tertiary/aromatic N) is 3. The van der Waals surface area contributed by atoms with Crippen LogP contribution in [-0.2, 0) is 0 Å². The summed E-state index contributed by atoms with van der Waals surface area (Å²) >= 11 is 0. The van der Waals surface area contributed by atoms with Crippen molar-refractivity contribution < 1.29 is 0 Å². The van der Waals surface area contributed by atoms with Crippen LogP contribution in [0.3, 0.4) is 0 Å². The molecule has 3 nitrogen and oxygen atoms in total. The zero-order valence-corrected chi connectivity index (χ0v) is 10.9. The first-order valence-electron chi connectivity index (χ1n) is 7.62. The van der Waals surface area contributed by atoms with Gasteiger partial charge in [0.15, 0.2) is 5.54 Å². The third kappa shape index (κ3) is 1.47. The van der Waals surface area contributed by atoms with Crippen molar-refractivity contribution in [3.05, 3.63) is 0 Å². The molecule has 0 spiro atoms. The first-order valence-corrected chi connectivity index (χ1v) is 7.62. The Balaban J connectivity index is 1.52. The van der Waals surface area contributed by atoms with E-state index in [1.165, 1.54) is 44.9 Å². The molecule has 0 aliphatic heterocycles. The number of hydrogen-bond acceptors (Lipinski definition) is 3. The Morgan fingerprint density at radius 2 is 1.89 bits per heavy atom. The molecule has 18 heavy (non-hydrogen) atoms. The topological polar surface area (TPSA) is 48.5 Å². The summed E-state index contributed by atoms with van der Waals surface area (Å²) in [6.45, 7) is 0. The molecule has 96 valence electrons. The van der Waals surface area contributed by atoms with Crippen molar-refractivity contribution in [2.24, 2.45) is 33.9 Å². The van der Waals surface area contributed by atoms with Crippen molar-refractivity contribution in [2.45, 2.75) is 62.9 Å². The zero-order valence-electron chi connectivity index (χ0n) is 10.9. The van der Waals surface area contributed by atoms with Gasteiger partial charge in [0.2, 0.25) is 0 Å². The maximum atomic E-state index is 9.54. The van der Waals surface area contributed by atoms with Gasteiger partial charge in [-0.15, -0.1) is 0 Å². The summed E-state index contributed by atoms with van der Waals surface area (Å²) < 4.78 is 0. The monoisotopic (exact) mass is 243 g/mol. The Kier molecular flexibility index (Phi) is 2.31. The zero-order chi connectivity index (χ0) is 12.2. The molecule has 6 atom stereocenters. The predicted octanol–water partition coefficient (Wildman–Crippen LogP) is 3.71. The van der Waals surface area contributed by atoms with Crippen LogP contribution in [0.25, 0.3) is 0 Å². The van der Waals surface area contributed by atoms with Crippen LogP contribution in [0.5, 0.6) is 0 Å². The van der Waals surface area contributed by atoms with Gasteiger partial charge >= 0.3 is 0 Å². The second-order valence-electron chi connectivity index (χ2n) is 7.07. The average Bonchev–Trinajstić information content (AvgIpc) is 3.15. The molecule has 4 saturated carbocycles. The maximum Gasteiger partial charge on any atom is 0.170 e. The third-order valence-electron chi connectivity index (χ3n) is 6.10. The molecule has 4 aliphatic rings. The van der Waals surface area contributed by atoms with E-state index in [9.17, 15) is 5.26 Å². The van der Waals surface area contributed by atoms with E-state index >= 15 is 0 Å². The number of hydrogen-bond donors (Lipinski definition) is 0. The van der Waals surface area contributed by atoms with E-state index in [2.05, 4.69) is 16.3 Å². The SMILES string of the molecule is N#CC1(N=NC2CC3CCC2C3)CC2CCC1C2. The lowest BCUT2D eigenvalue weighted by Gasteiger charge is -2.26. The molecular formula is C15H21N3. The van der Waals surface area contributed by atoms with Crippen LogP contribution in [0.15, 0.2) is 10.2 Å². The summed E-state index contributed by atoms with van der Waals surface area (Å²) in [5, 5.41) is 18.8. The highest BCUT2D eigenvalue weighted by molar-refractivity contribution is 5.18. The minimum absolute atomic E-state index is 0.426. The van der Waals surface area contributed by atoms with Crippen molar-refractivity contribution >= 4 is 0 Å². The normalized spacial score (nSPS) is 53.4. The predicted molar refractivity (Wildman–Crippen MR) is 67.9 cm³/mol. The average molecular weight is 243 g/mol. The Morgan fingerprint density at radius 3 is 2.44 bits per heavy atom. The minimum Gasteiger partial charge on any atom is -0.196 e. The maximum absolute atomic E-state index is 9.54. The number of nitriles is 1. The van der Waals surface area contributed by atoms with E-state index in [1.54, 1.807) is 0 Å². The number of azo groups is 1. The van der Waals surface area contributed by atoms with E-state index in [1.807, 2.05) is 0 Å². The summed E-state index contributed by atoms with van der Waals surface area (Å²) in [6.07, 6.45) is 10.1. The van der Waals surface area contributed by atoms with E-state index in [0.717, 1.165) is 24.2 Å². The fourth-order valence-electron chi connectivity index (χ4n) is 5.11. The van der Waals surface area contributed by atoms with E-state index in [0.29, 0.717) is 12.0 Å². The smallest absolute Gasteiger partial charge is 0.170 e. The van der Waals surface area contributed by atoms with Gasteiger partial charge in [0.1, 0.15) is 0 Å². The van der Waals surface area contributed by atoms with Gasteiger partial charge in [0.25, 0.3) is 0 Å². The van der Waals surface area contributed by atoms with Crippen molar-refractivity contribution in [3.8, 4) is 6.07 Å². The van der Waals surface area contributed by atoms with Crippen molar-refractivity contribution in [1.29, 1.82) is 5.26 Å². The fourth-order valence-corrected chi connectivity index (χ4v) is 5.11. The van der Waals surface area contributed by atoms with Gasteiger partial charge in [0, 0.05) is 0 Å². The second kappa shape index (κ2) is 3.79. The van der Waals surface area contributed by atoms with Gasteiger partial charge in [-0.25, -0.2) is 0 Å². The quantitative estimate of drug-likeness (QED) is 0.682. The van der Waals surface area contributed by atoms with Gasteiger partial charge in [-0.2, -0.15) is 15.5 Å². The summed E-state index contributed by atoms with van der Waals surface area (Å²) in [4.78, 5) is 0. The number of fused-ring (bicyclic) bond motifs is 4. The first kappa shape index (κ1) is 11.0. The lowest BCUT2D eigenvalue weighted by molar-refractivity contribution is 0.313. The second-order valence-corrected chi connectivity index (χ2v) is 7.07. The summed E-state index contributed by atoms with van der Waals surface area (Å²) in [6, 6.07) is 2.97. The molecule has 0 aromatic rings. The first-order chi connectivity index (χ1) is 8.79. The fraction of sp³-hybridized carbons (Fsp3) is 0.933. The molecular weight excluding hydrogens is 222 g/mol. The Hall–Kier alpha value is -0.910. The van der Waals surface area contributed by atoms with Crippen molar-refractivity contribution in [1.82, 2.24) is 0 Å². The highest BCUT2D eigenvalue weighted by Gasteiger charge is 2.52. The molecule has 0 aromatic carbocycles. The minimum atomic E-state index is -0.426. The van der Waals surface area contributed by atoms with Crippen LogP contribution in [0.4, 0.5) is 0 Å². The molecule has 0 amide bonds. The van der Waals surface area contributed by atoms with Crippen LogP contribution < -0.4 is 0 Å². The highest BCUT2D eigenvalue weighted by atomic mass is 15.2. The van der Waals surface area contributed by atoms with Crippen molar-refractivity contribution in [3.63, 3.8) is 0 Å². The number of rotatable bonds is 2. The molecule has 4 aliphatic carbocycles. The summed E-state index contributed by atoms with van der Waals surface area (Å²) in [5.74, 6) is 2.97. The van der Waals surface area contributed by atoms with Crippen LogP contribution in [0, 0.1) is 35.0 Å². The van der Waals surface area contributed by atoms with E-state index in [-0.39, 0.29) is 0 Å². The molecule has 4 bridgehead atoms. The van der Waals surface area contributed by atoms with Crippen LogP contribution in [0.2, 0.25) is 0 Å². The highest BCUT2D eigenvalue weighted by Crippen LogP contribution is 2.53. The van der Waals surface area contributed by atoms with Gasteiger partial charge in [-0.3, -0.25) is 0 Å². The molecule has 0 N–H and O–H groups in total. The molecule has 0 heterocycles. The summed E-state index contributed by atoms with van der Waals surface area (Å²) in [7, 11) is 0. The van der Waals surface area contributed by atoms with Gasteiger partial charge in [-0.05, 0) is 68.6 Å². The van der Waals surface area contributed by atoms with Gasteiger partial charge < -0.3 is 0 Å². The lowest BCUT2D eigenvalue weighted by Crippen LogP contribution is -2.31. The third-order valence-corrected chi connectivity index (χ3v) is 6.10. The molecule has 4 rings (SSSR count). The lowest BCUT2D eigenvalue weighted by atomic mass is 9.83. The Bertz CT molecular complexity index is 424. The Labute approximate surface area is 109 Å². The standard InChI is InChI=1S/C15H21N3/c16-9-15(8-11-2-4-13(15)6-11)18-17-14-7-10-1-3-12(14)5-10/h10-14H,1-8H2. The van der Waals surface area contributed by atoms with E-state index < -0.39 is 5.54 Å². The molecule has 0 aromatic heterocycles. The van der Waals surface area contributed by atoms with Crippen LogP contribution in [-0.4, -0.2) is 11.6 Å². The van der Waals surface area contributed by atoms with Crippen molar-refractivity contribution in [2.75, 3.05) is 0 Å². The van der Waals surface area contributed by atoms with Crippen LogP contribution >= 0.6 is 0 Å². The van der Waals surface area contributed by atoms with Gasteiger partial charge in [-0.1, -0.05) is 6.42 Å². The molecule has 4 fully saturated rings. The largest absolute Gasteiger partial charge is 0.196 e. The van der Waals surface area contributed by atoms with Crippen LogP contribution in [0.1, 0.15) is 51.4 Å². The summed E-state index contributed by atoms with van der Waals surface area (Å²) in [5.41, 5.74) is -0.426. The van der Waals surface area contributed by atoms with E-state index in [4.69, 9.17) is 0 Å². The Morgan fingerprint density at radius 1 is 1.00 bits per heavy atom. The van der Waals surface area contributed by atoms with Gasteiger partial charge in [0.05, 0.1) is 12.1 Å². The molecule has 6 unspecified atom stereocenters. The molecule has 0 radical (unpaired) electrons. The molecule has 0 saturated heterocycles.